The highest BCUT2D eigenvalue weighted by Crippen LogP contribution is 2.30. The first-order valence-corrected chi connectivity index (χ1v) is 8.59. The standard InChI is InChI=1S/C18H18N6O3/c1-23-16-14(8-20-23)18(27)24(10-19-16)9-15(25)21-12-4-6-13(7-5-12)22-17(26)11-2-3-11/h4-8,10-11H,2-3,9H2,1H3,(H,21,25)(H,22,26). The number of hydrogen-bond acceptors (Lipinski definition) is 5. The third-order valence-corrected chi connectivity index (χ3v) is 4.42. The van der Waals surface area contributed by atoms with E-state index >= 15 is 0 Å². The number of aromatic nitrogens is 4. The Morgan fingerprint density at radius 3 is 2.48 bits per heavy atom. The van der Waals surface area contributed by atoms with Crippen LogP contribution in [0.2, 0.25) is 0 Å². The minimum Gasteiger partial charge on any atom is -0.326 e. The fraction of sp³-hybridized carbons (Fsp3) is 0.278. The van der Waals surface area contributed by atoms with Gasteiger partial charge >= 0.3 is 0 Å². The van der Waals surface area contributed by atoms with E-state index < -0.39 is 0 Å². The summed E-state index contributed by atoms with van der Waals surface area (Å²) in [6.45, 7) is -0.156. The molecule has 2 aromatic heterocycles. The Morgan fingerprint density at radius 2 is 1.81 bits per heavy atom. The molecule has 3 aromatic rings. The first-order valence-electron chi connectivity index (χ1n) is 8.59. The van der Waals surface area contributed by atoms with E-state index in [-0.39, 0.29) is 29.8 Å². The van der Waals surface area contributed by atoms with Gasteiger partial charge in [0.15, 0.2) is 5.65 Å². The molecule has 0 saturated heterocycles. The fourth-order valence-corrected chi connectivity index (χ4v) is 2.76. The minimum atomic E-state index is -0.350. The number of benzene rings is 1. The van der Waals surface area contributed by atoms with Gasteiger partial charge in [-0.3, -0.25) is 23.6 Å². The number of rotatable bonds is 5. The molecule has 0 aliphatic heterocycles. The molecule has 2 heterocycles. The predicted molar refractivity (Wildman–Crippen MR) is 99.2 cm³/mol. The van der Waals surface area contributed by atoms with Crippen LogP contribution in [0.25, 0.3) is 11.0 Å². The average Bonchev–Trinajstić information content (AvgIpc) is 3.43. The van der Waals surface area contributed by atoms with Crippen LogP contribution in [0, 0.1) is 5.92 Å². The summed E-state index contributed by atoms with van der Waals surface area (Å²) < 4.78 is 2.74. The van der Waals surface area contributed by atoms with Crippen molar-refractivity contribution >= 4 is 34.2 Å². The highest BCUT2D eigenvalue weighted by Gasteiger charge is 2.29. The van der Waals surface area contributed by atoms with Gasteiger partial charge in [0, 0.05) is 24.3 Å². The maximum absolute atomic E-state index is 12.4. The van der Waals surface area contributed by atoms with Gasteiger partial charge in [-0.05, 0) is 37.1 Å². The quantitative estimate of drug-likeness (QED) is 0.703. The van der Waals surface area contributed by atoms with Gasteiger partial charge in [0.25, 0.3) is 5.56 Å². The van der Waals surface area contributed by atoms with Crippen LogP contribution in [0.4, 0.5) is 11.4 Å². The summed E-state index contributed by atoms with van der Waals surface area (Å²) in [5.41, 5.74) is 1.42. The number of carbonyl (C=O) groups is 2. The van der Waals surface area contributed by atoms with Crippen LogP contribution in [0.3, 0.4) is 0 Å². The zero-order valence-electron chi connectivity index (χ0n) is 14.7. The lowest BCUT2D eigenvalue weighted by molar-refractivity contribution is -0.117. The summed E-state index contributed by atoms with van der Waals surface area (Å²) in [6, 6.07) is 6.86. The van der Waals surface area contributed by atoms with Crippen molar-refractivity contribution in [2.24, 2.45) is 13.0 Å². The van der Waals surface area contributed by atoms with Crippen LogP contribution < -0.4 is 16.2 Å². The van der Waals surface area contributed by atoms with Gasteiger partial charge in [-0.25, -0.2) is 4.98 Å². The van der Waals surface area contributed by atoms with Crippen LogP contribution in [-0.4, -0.2) is 31.1 Å². The summed E-state index contributed by atoms with van der Waals surface area (Å²) in [7, 11) is 1.70. The van der Waals surface area contributed by atoms with E-state index in [0.717, 1.165) is 12.8 Å². The molecule has 0 radical (unpaired) electrons. The number of nitrogens with zero attached hydrogens (tertiary/aromatic N) is 4. The molecule has 2 N–H and O–H groups in total. The Balaban J connectivity index is 1.41. The van der Waals surface area contributed by atoms with E-state index in [1.54, 1.807) is 31.3 Å². The maximum atomic E-state index is 12.4. The molecule has 9 heteroatoms. The van der Waals surface area contributed by atoms with E-state index in [1.807, 2.05) is 0 Å². The second-order valence-corrected chi connectivity index (χ2v) is 6.57. The third kappa shape index (κ3) is 3.57. The van der Waals surface area contributed by atoms with Gasteiger partial charge in [0.1, 0.15) is 18.3 Å². The average molecular weight is 366 g/mol. The molecule has 1 saturated carbocycles. The minimum absolute atomic E-state index is 0.0319. The molecule has 27 heavy (non-hydrogen) atoms. The molecule has 138 valence electrons. The molecule has 1 aliphatic carbocycles. The second-order valence-electron chi connectivity index (χ2n) is 6.57. The Hall–Kier alpha value is -3.49. The Labute approximate surface area is 154 Å². The van der Waals surface area contributed by atoms with Gasteiger partial charge in [-0.1, -0.05) is 0 Å². The van der Waals surface area contributed by atoms with Crippen LogP contribution >= 0.6 is 0 Å². The number of anilines is 2. The van der Waals surface area contributed by atoms with Crippen LogP contribution in [0.5, 0.6) is 0 Å². The van der Waals surface area contributed by atoms with Gasteiger partial charge in [-0.2, -0.15) is 5.10 Å². The summed E-state index contributed by atoms with van der Waals surface area (Å²) in [5, 5.41) is 9.93. The Morgan fingerprint density at radius 1 is 1.15 bits per heavy atom. The SMILES string of the molecule is Cn1ncc2c(=O)n(CC(=O)Nc3ccc(NC(=O)C4CC4)cc3)cnc21. The van der Waals surface area contributed by atoms with Crippen molar-refractivity contribution in [3.8, 4) is 0 Å². The molecule has 1 aromatic carbocycles. The molecule has 0 unspecified atom stereocenters. The lowest BCUT2D eigenvalue weighted by Crippen LogP contribution is -2.27. The summed E-state index contributed by atoms with van der Waals surface area (Å²) in [5.74, 6) is -0.185. The predicted octanol–water partition coefficient (Wildman–Crippen LogP) is 1.12. The number of carbonyl (C=O) groups excluding carboxylic acids is 2. The molecule has 9 nitrogen and oxygen atoms in total. The van der Waals surface area contributed by atoms with Gasteiger partial charge in [0.2, 0.25) is 11.8 Å². The number of hydrogen-bond donors (Lipinski definition) is 2. The highest BCUT2D eigenvalue weighted by molar-refractivity contribution is 5.95. The Kier molecular flexibility index (Phi) is 4.19. The number of amides is 2. The number of aryl methyl sites for hydroxylation is 1. The smallest absolute Gasteiger partial charge is 0.264 e. The van der Waals surface area contributed by atoms with Gasteiger partial charge in [-0.15, -0.1) is 0 Å². The van der Waals surface area contributed by atoms with Crippen LogP contribution in [0.15, 0.2) is 41.6 Å². The van der Waals surface area contributed by atoms with E-state index in [9.17, 15) is 14.4 Å². The lowest BCUT2D eigenvalue weighted by Gasteiger charge is -2.09. The van der Waals surface area contributed by atoms with Crippen molar-refractivity contribution < 1.29 is 9.59 Å². The summed E-state index contributed by atoms with van der Waals surface area (Å²) in [4.78, 5) is 40.5. The first kappa shape index (κ1) is 17.0. The molecule has 4 rings (SSSR count). The molecule has 1 aliphatic rings. The summed E-state index contributed by atoms with van der Waals surface area (Å²) in [6.07, 6.45) is 4.66. The van der Waals surface area contributed by atoms with E-state index in [4.69, 9.17) is 0 Å². The van der Waals surface area contributed by atoms with Crippen molar-refractivity contribution in [3.63, 3.8) is 0 Å². The molecule has 0 atom stereocenters. The highest BCUT2D eigenvalue weighted by atomic mass is 16.2. The van der Waals surface area contributed by atoms with Crippen molar-refractivity contribution in [3.05, 3.63) is 47.1 Å². The zero-order chi connectivity index (χ0) is 19.0. The van der Waals surface area contributed by atoms with Gasteiger partial charge in [0.05, 0.1) is 6.20 Å². The van der Waals surface area contributed by atoms with E-state index in [1.165, 1.54) is 21.8 Å². The normalized spacial score (nSPS) is 13.5. The van der Waals surface area contributed by atoms with E-state index in [2.05, 4.69) is 20.7 Å². The molecular formula is C18H18N6O3. The lowest BCUT2D eigenvalue weighted by atomic mass is 10.2. The fourth-order valence-electron chi connectivity index (χ4n) is 2.76. The van der Waals surface area contributed by atoms with E-state index in [0.29, 0.717) is 22.4 Å². The molecule has 2 amide bonds. The summed E-state index contributed by atoms with van der Waals surface area (Å²) >= 11 is 0. The molecule has 1 fully saturated rings. The first-order chi connectivity index (χ1) is 13.0. The third-order valence-electron chi connectivity index (χ3n) is 4.42. The zero-order valence-corrected chi connectivity index (χ0v) is 14.7. The van der Waals surface area contributed by atoms with Crippen LogP contribution in [0.1, 0.15) is 12.8 Å². The monoisotopic (exact) mass is 366 g/mol. The Bertz CT molecular complexity index is 1080. The molecule has 0 bridgehead atoms. The number of fused-ring (bicyclic) bond motifs is 1. The van der Waals surface area contributed by atoms with Crippen molar-refractivity contribution in [2.45, 2.75) is 19.4 Å². The van der Waals surface area contributed by atoms with Crippen LogP contribution in [-0.2, 0) is 23.2 Å². The number of nitrogens with one attached hydrogen (secondary N) is 2. The van der Waals surface area contributed by atoms with Gasteiger partial charge < -0.3 is 10.6 Å². The second kappa shape index (κ2) is 6.67. The largest absolute Gasteiger partial charge is 0.326 e. The maximum Gasteiger partial charge on any atom is 0.264 e. The van der Waals surface area contributed by atoms with Crippen molar-refractivity contribution in [1.82, 2.24) is 19.3 Å². The van der Waals surface area contributed by atoms with Crippen molar-refractivity contribution in [2.75, 3.05) is 10.6 Å². The molecular weight excluding hydrogens is 348 g/mol. The molecule has 0 spiro atoms. The topological polar surface area (TPSA) is 111 Å². The van der Waals surface area contributed by atoms with Crippen molar-refractivity contribution in [1.29, 1.82) is 0 Å².